The summed E-state index contributed by atoms with van der Waals surface area (Å²) in [7, 11) is 3.01. The minimum Gasteiger partial charge on any atom is -0.493 e. The Hall–Kier alpha value is -2.04. The van der Waals surface area contributed by atoms with Crippen LogP contribution in [0.15, 0.2) is 12.1 Å². The molecule has 5 heteroatoms. The van der Waals surface area contributed by atoms with Crippen LogP contribution in [-0.4, -0.2) is 32.6 Å². The van der Waals surface area contributed by atoms with E-state index in [0.717, 1.165) is 0 Å². The number of carbonyl (C=O) groups excluding carboxylic acids is 2. The lowest BCUT2D eigenvalue weighted by Crippen LogP contribution is -2.12. The van der Waals surface area contributed by atoms with Crippen LogP contribution in [0.3, 0.4) is 0 Å². The lowest BCUT2D eigenvalue weighted by Gasteiger charge is -2.13. The molecular formula is C15H20O5. The summed E-state index contributed by atoms with van der Waals surface area (Å²) < 4.78 is 15.3. The monoisotopic (exact) mass is 280 g/mol. The Morgan fingerprint density at radius 3 is 2.15 bits per heavy atom. The summed E-state index contributed by atoms with van der Waals surface area (Å²) in [5.74, 6) is 0.534. The molecule has 0 aliphatic rings. The van der Waals surface area contributed by atoms with E-state index in [-0.39, 0.29) is 18.2 Å². The van der Waals surface area contributed by atoms with Gasteiger partial charge in [-0.3, -0.25) is 9.59 Å². The molecule has 0 amide bonds. The maximum atomic E-state index is 12.0. The number of esters is 1. The number of carbonyl (C=O) groups is 2. The van der Waals surface area contributed by atoms with Crippen molar-refractivity contribution in [2.45, 2.75) is 26.7 Å². The van der Waals surface area contributed by atoms with Gasteiger partial charge < -0.3 is 14.2 Å². The summed E-state index contributed by atoms with van der Waals surface area (Å²) in [5, 5.41) is 0. The molecule has 110 valence electrons. The van der Waals surface area contributed by atoms with Crippen molar-refractivity contribution in [1.82, 2.24) is 0 Å². The normalized spacial score (nSPS) is 10.0. The molecular weight excluding hydrogens is 260 g/mol. The Morgan fingerprint density at radius 2 is 1.65 bits per heavy atom. The molecule has 0 unspecified atom stereocenters. The first-order valence-electron chi connectivity index (χ1n) is 6.51. The van der Waals surface area contributed by atoms with E-state index in [2.05, 4.69) is 0 Å². The maximum Gasteiger partial charge on any atom is 0.310 e. The van der Waals surface area contributed by atoms with Gasteiger partial charge in [-0.05, 0) is 24.6 Å². The van der Waals surface area contributed by atoms with Crippen molar-refractivity contribution in [3.05, 3.63) is 23.3 Å². The molecule has 0 heterocycles. The van der Waals surface area contributed by atoms with Gasteiger partial charge in [0.15, 0.2) is 17.3 Å². The molecule has 1 aromatic rings. The van der Waals surface area contributed by atoms with E-state index in [1.807, 2.05) is 0 Å². The van der Waals surface area contributed by atoms with E-state index in [1.165, 1.54) is 14.2 Å². The molecule has 1 aromatic carbocycles. The Balaban J connectivity index is 3.23. The van der Waals surface area contributed by atoms with E-state index in [0.29, 0.717) is 35.7 Å². The third-order valence-electron chi connectivity index (χ3n) is 2.87. The van der Waals surface area contributed by atoms with Crippen molar-refractivity contribution < 1.29 is 23.8 Å². The summed E-state index contributed by atoms with van der Waals surface area (Å²) in [6.07, 6.45) is 0.389. The number of benzene rings is 1. The lowest BCUT2D eigenvalue weighted by molar-refractivity contribution is -0.142. The minimum atomic E-state index is -0.370. The van der Waals surface area contributed by atoms with Gasteiger partial charge in [-0.15, -0.1) is 0 Å². The Kier molecular flexibility index (Phi) is 6.03. The van der Waals surface area contributed by atoms with Crippen LogP contribution in [0.4, 0.5) is 0 Å². The third kappa shape index (κ3) is 3.73. The van der Waals surface area contributed by atoms with Gasteiger partial charge in [0.05, 0.1) is 27.2 Å². The van der Waals surface area contributed by atoms with E-state index >= 15 is 0 Å². The number of ketones is 1. The highest BCUT2D eigenvalue weighted by atomic mass is 16.5. The molecule has 0 radical (unpaired) electrons. The first-order valence-corrected chi connectivity index (χ1v) is 6.51. The Morgan fingerprint density at radius 1 is 1.05 bits per heavy atom. The highest BCUT2D eigenvalue weighted by Crippen LogP contribution is 2.31. The second-order valence-electron chi connectivity index (χ2n) is 4.12. The first kappa shape index (κ1) is 16.0. The topological polar surface area (TPSA) is 61.8 Å². The molecule has 0 atom stereocenters. The van der Waals surface area contributed by atoms with E-state index < -0.39 is 0 Å². The summed E-state index contributed by atoms with van der Waals surface area (Å²) in [6, 6.07) is 3.26. The average Bonchev–Trinajstić information content (AvgIpc) is 2.46. The van der Waals surface area contributed by atoms with E-state index in [9.17, 15) is 9.59 Å². The molecule has 0 fully saturated rings. The fourth-order valence-corrected chi connectivity index (χ4v) is 1.88. The minimum absolute atomic E-state index is 0.0370. The number of Topliss-reactive ketones (excluding diaryl/α,β-unsaturated/α-hetero) is 1. The van der Waals surface area contributed by atoms with Crippen LogP contribution in [-0.2, 0) is 16.0 Å². The molecule has 0 bridgehead atoms. The number of methoxy groups -OCH3 is 2. The molecule has 0 N–H and O–H groups in total. The zero-order chi connectivity index (χ0) is 15.1. The van der Waals surface area contributed by atoms with Gasteiger partial charge in [-0.1, -0.05) is 6.92 Å². The van der Waals surface area contributed by atoms with Gasteiger partial charge in [-0.25, -0.2) is 0 Å². The highest BCUT2D eigenvalue weighted by molar-refractivity contribution is 5.99. The SMILES string of the molecule is CCOC(=O)Cc1cc(OC)c(OC)cc1C(=O)CC. The molecule has 0 saturated carbocycles. The molecule has 0 aliphatic heterocycles. The average molecular weight is 280 g/mol. The van der Waals surface area contributed by atoms with Crippen molar-refractivity contribution in [1.29, 1.82) is 0 Å². The summed E-state index contributed by atoms with van der Waals surface area (Å²) in [6.45, 7) is 3.82. The van der Waals surface area contributed by atoms with Crippen molar-refractivity contribution in [3.63, 3.8) is 0 Å². The van der Waals surface area contributed by atoms with E-state index in [4.69, 9.17) is 14.2 Å². The van der Waals surface area contributed by atoms with Gasteiger partial charge in [0.2, 0.25) is 0 Å². The second-order valence-corrected chi connectivity index (χ2v) is 4.12. The number of hydrogen-bond acceptors (Lipinski definition) is 5. The lowest BCUT2D eigenvalue weighted by atomic mass is 9.98. The van der Waals surface area contributed by atoms with Crippen molar-refractivity contribution >= 4 is 11.8 Å². The standard InChI is InChI=1S/C15H20O5/c1-5-12(16)11-9-14(19-4)13(18-3)7-10(11)8-15(17)20-6-2/h7,9H,5-6,8H2,1-4H3. The third-order valence-corrected chi connectivity index (χ3v) is 2.87. The van der Waals surface area contributed by atoms with Gasteiger partial charge >= 0.3 is 5.97 Å². The van der Waals surface area contributed by atoms with Crippen LogP contribution < -0.4 is 9.47 Å². The summed E-state index contributed by atoms with van der Waals surface area (Å²) in [5.41, 5.74) is 1.06. The molecule has 1 rings (SSSR count). The summed E-state index contributed by atoms with van der Waals surface area (Å²) in [4.78, 5) is 23.6. The molecule has 5 nitrogen and oxygen atoms in total. The largest absolute Gasteiger partial charge is 0.493 e. The van der Waals surface area contributed by atoms with Gasteiger partial charge in [0.25, 0.3) is 0 Å². The Labute approximate surface area is 118 Å². The van der Waals surface area contributed by atoms with Gasteiger partial charge in [0.1, 0.15) is 0 Å². The van der Waals surface area contributed by atoms with E-state index in [1.54, 1.807) is 26.0 Å². The zero-order valence-corrected chi connectivity index (χ0v) is 12.3. The number of ether oxygens (including phenoxy) is 3. The molecule has 0 aromatic heterocycles. The maximum absolute atomic E-state index is 12.0. The molecule has 0 aliphatic carbocycles. The van der Waals surface area contributed by atoms with Crippen LogP contribution in [0, 0.1) is 0 Å². The van der Waals surface area contributed by atoms with Crippen LogP contribution in [0.2, 0.25) is 0 Å². The smallest absolute Gasteiger partial charge is 0.310 e. The number of rotatable bonds is 7. The second kappa shape index (κ2) is 7.53. The predicted molar refractivity (Wildman–Crippen MR) is 74.5 cm³/mol. The molecule has 0 saturated heterocycles. The van der Waals surface area contributed by atoms with Crippen LogP contribution >= 0.6 is 0 Å². The van der Waals surface area contributed by atoms with Crippen molar-refractivity contribution in [2.75, 3.05) is 20.8 Å². The zero-order valence-electron chi connectivity index (χ0n) is 12.3. The quantitative estimate of drug-likeness (QED) is 0.567. The van der Waals surface area contributed by atoms with Gasteiger partial charge in [-0.2, -0.15) is 0 Å². The fraction of sp³-hybridized carbons (Fsp3) is 0.467. The molecule has 20 heavy (non-hydrogen) atoms. The van der Waals surface area contributed by atoms with Crippen LogP contribution in [0.25, 0.3) is 0 Å². The number of hydrogen-bond donors (Lipinski definition) is 0. The summed E-state index contributed by atoms with van der Waals surface area (Å²) >= 11 is 0. The van der Waals surface area contributed by atoms with Crippen LogP contribution in [0.1, 0.15) is 36.2 Å². The van der Waals surface area contributed by atoms with Crippen molar-refractivity contribution in [2.24, 2.45) is 0 Å². The molecule has 0 spiro atoms. The van der Waals surface area contributed by atoms with Crippen molar-refractivity contribution in [3.8, 4) is 11.5 Å². The fourth-order valence-electron chi connectivity index (χ4n) is 1.88. The Bertz CT molecular complexity index is 493. The first-order chi connectivity index (χ1) is 9.57. The van der Waals surface area contributed by atoms with Gasteiger partial charge in [0, 0.05) is 12.0 Å². The highest BCUT2D eigenvalue weighted by Gasteiger charge is 2.18. The van der Waals surface area contributed by atoms with Crippen LogP contribution in [0.5, 0.6) is 11.5 Å². The predicted octanol–water partition coefficient (Wildman–Crippen LogP) is 2.40.